The Kier molecular flexibility index (Phi) is 4.20. The van der Waals surface area contributed by atoms with E-state index in [0.717, 1.165) is 13.0 Å². The van der Waals surface area contributed by atoms with Gasteiger partial charge in [-0.1, -0.05) is 12.1 Å². The normalized spacial score (nSPS) is 17.1. The fourth-order valence-corrected chi connectivity index (χ4v) is 2.36. The maximum absolute atomic E-state index is 11.2. The maximum atomic E-state index is 11.2. The Hall–Kier alpha value is -1.55. The van der Waals surface area contributed by atoms with Crippen LogP contribution in [0.5, 0.6) is 0 Å². The van der Waals surface area contributed by atoms with Gasteiger partial charge >= 0.3 is 5.97 Å². The lowest BCUT2D eigenvalue weighted by atomic mass is 9.95. The summed E-state index contributed by atoms with van der Waals surface area (Å²) in [5, 5.41) is 3.37. The molecular weight excluding hydrogens is 230 g/mol. The van der Waals surface area contributed by atoms with Crippen LogP contribution in [0, 0.1) is 0 Å². The molecular formula is C14H19NO3. The standard InChI is InChI=1S/C14H19NO3/c1-17-9-10-3-5-13-12(7-10)11(8-15-13)4-6-14(16)18-2/h3,5,7,11,15H,4,6,8-9H2,1-2H3. The molecule has 4 heteroatoms. The number of carbonyl (C=O) groups excluding carboxylic acids is 1. The molecule has 1 N–H and O–H groups in total. The molecule has 0 aromatic heterocycles. The molecule has 0 saturated heterocycles. The third-order valence-electron chi connectivity index (χ3n) is 3.33. The average molecular weight is 249 g/mol. The first kappa shape index (κ1) is 12.9. The number of hydrogen-bond acceptors (Lipinski definition) is 4. The first-order valence-electron chi connectivity index (χ1n) is 6.17. The first-order chi connectivity index (χ1) is 8.74. The van der Waals surface area contributed by atoms with Crippen LogP contribution in [0.2, 0.25) is 0 Å². The second-order valence-electron chi connectivity index (χ2n) is 4.55. The smallest absolute Gasteiger partial charge is 0.305 e. The van der Waals surface area contributed by atoms with E-state index in [2.05, 4.69) is 28.3 Å². The number of methoxy groups -OCH3 is 2. The molecule has 1 aromatic rings. The third kappa shape index (κ3) is 2.82. The van der Waals surface area contributed by atoms with Gasteiger partial charge in [0.15, 0.2) is 0 Å². The van der Waals surface area contributed by atoms with Gasteiger partial charge in [0, 0.05) is 31.7 Å². The van der Waals surface area contributed by atoms with Crippen molar-refractivity contribution in [3.05, 3.63) is 29.3 Å². The summed E-state index contributed by atoms with van der Waals surface area (Å²) in [6, 6.07) is 6.32. The van der Waals surface area contributed by atoms with E-state index in [1.54, 1.807) is 7.11 Å². The van der Waals surface area contributed by atoms with Gasteiger partial charge in [0.2, 0.25) is 0 Å². The largest absolute Gasteiger partial charge is 0.469 e. The third-order valence-corrected chi connectivity index (χ3v) is 3.33. The predicted octanol–water partition coefficient (Wildman–Crippen LogP) is 2.30. The Bertz CT molecular complexity index is 431. The maximum Gasteiger partial charge on any atom is 0.305 e. The molecule has 1 atom stereocenters. The highest BCUT2D eigenvalue weighted by atomic mass is 16.5. The summed E-state index contributed by atoms with van der Waals surface area (Å²) in [5.41, 5.74) is 3.63. The van der Waals surface area contributed by atoms with E-state index in [1.807, 2.05) is 0 Å². The lowest BCUT2D eigenvalue weighted by Gasteiger charge is -2.10. The number of nitrogens with one attached hydrogen (secondary N) is 1. The fraction of sp³-hybridized carbons (Fsp3) is 0.500. The number of esters is 1. The Labute approximate surface area is 107 Å². The highest BCUT2D eigenvalue weighted by Crippen LogP contribution is 2.35. The lowest BCUT2D eigenvalue weighted by molar-refractivity contribution is -0.140. The molecule has 0 aliphatic carbocycles. The number of ether oxygens (including phenoxy) is 2. The zero-order valence-corrected chi connectivity index (χ0v) is 10.9. The zero-order valence-electron chi connectivity index (χ0n) is 10.9. The summed E-state index contributed by atoms with van der Waals surface area (Å²) >= 11 is 0. The minimum Gasteiger partial charge on any atom is -0.469 e. The van der Waals surface area contributed by atoms with Crippen molar-refractivity contribution >= 4 is 11.7 Å². The summed E-state index contributed by atoms with van der Waals surface area (Å²) in [5.74, 6) is 0.243. The van der Waals surface area contributed by atoms with E-state index in [9.17, 15) is 4.79 Å². The molecule has 0 amide bonds. The van der Waals surface area contributed by atoms with E-state index >= 15 is 0 Å². The van der Waals surface area contributed by atoms with Crippen molar-refractivity contribution in [2.45, 2.75) is 25.4 Å². The monoisotopic (exact) mass is 249 g/mol. The number of hydrogen-bond donors (Lipinski definition) is 1. The second kappa shape index (κ2) is 5.87. The van der Waals surface area contributed by atoms with Gasteiger partial charge in [-0.25, -0.2) is 0 Å². The van der Waals surface area contributed by atoms with Crippen LogP contribution in [0.4, 0.5) is 5.69 Å². The van der Waals surface area contributed by atoms with Crippen molar-refractivity contribution in [2.75, 3.05) is 26.1 Å². The number of carbonyl (C=O) groups is 1. The van der Waals surface area contributed by atoms with E-state index in [0.29, 0.717) is 18.9 Å². The molecule has 4 nitrogen and oxygen atoms in total. The van der Waals surface area contributed by atoms with Crippen LogP contribution in [0.1, 0.15) is 29.9 Å². The summed E-state index contributed by atoms with van der Waals surface area (Å²) in [6.45, 7) is 1.51. The van der Waals surface area contributed by atoms with Gasteiger partial charge in [-0.05, 0) is 23.6 Å². The minimum atomic E-state index is -0.142. The van der Waals surface area contributed by atoms with Crippen LogP contribution in [0.3, 0.4) is 0 Å². The molecule has 0 bridgehead atoms. The molecule has 1 unspecified atom stereocenters. The first-order valence-corrected chi connectivity index (χ1v) is 6.17. The van der Waals surface area contributed by atoms with Gasteiger partial charge < -0.3 is 14.8 Å². The number of rotatable bonds is 5. The zero-order chi connectivity index (χ0) is 13.0. The van der Waals surface area contributed by atoms with Crippen LogP contribution in [0.15, 0.2) is 18.2 Å². The number of benzene rings is 1. The van der Waals surface area contributed by atoms with Crippen molar-refractivity contribution < 1.29 is 14.3 Å². The second-order valence-corrected chi connectivity index (χ2v) is 4.55. The van der Waals surface area contributed by atoms with E-state index < -0.39 is 0 Å². The number of anilines is 1. The van der Waals surface area contributed by atoms with Gasteiger partial charge in [0.05, 0.1) is 13.7 Å². The van der Waals surface area contributed by atoms with Crippen LogP contribution in [-0.4, -0.2) is 26.7 Å². The molecule has 1 heterocycles. The molecule has 0 radical (unpaired) electrons. The molecule has 18 heavy (non-hydrogen) atoms. The Balaban J connectivity index is 2.06. The van der Waals surface area contributed by atoms with Crippen LogP contribution in [-0.2, 0) is 20.9 Å². The molecule has 1 aromatic carbocycles. The van der Waals surface area contributed by atoms with Gasteiger partial charge in [0.25, 0.3) is 0 Å². The van der Waals surface area contributed by atoms with Gasteiger partial charge in [-0.3, -0.25) is 4.79 Å². The van der Waals surface area contributed by atoms with Crippen molar-refractivity contribution in [2.24, 2.45) is 0 Å². The van der Waals surface area contributed by atoms with E-state index in [1.165, 1.54) is 23.9 Å². The Morgan fingerprint density at radius 1 is 1.44 bits per heavy atom. The molecule has 2 rings (SSSR count). The van der Waals surface area contributed by atoms with Gasteiger partial charge in [0.1, 0.15) is 0 Å². The highest BCUT2D eigenvalue weighted by Gasteiger charge is 2.23. The van der Waals surface area contributed by atoms with E-state index in [-0.39, 0.29) is 5.97 Å². The Morgan fingerprint density at radius 2 is 2.28 bits per heavy atom. The van der Waals surface area contributed by atoms with Crippen LogP contribution >= 0.6 is 0 Å². The molecule has 0 spiro atoms. The van der Waals surface area contributed by atoms with Crippen LogP contribution < -0.4 is 5.32 Å². The quantitative estimate of drug-likeness (QED) is 0.813. The van der Waals surface area contributed by atoms with Crippen molar-refractivity contribution in [1.82, 2.24) is 0 Å². The molecule has 0 fully saturated rings. The van der Waals surface area contributed by atoms with Crippen molar-refractivity contribution in [1.29, 1.82) is 0 Å². The van der Waals surface area contributed by atoms with E-state index in [4.69, 9.17) is 4.74 Å². The topological polar surface area (TPSA) is 47.6 Å². The lowest BCUT2D eigenvalue weighted by Crippen LogP contribution is -2.07. The molecule has 0 saturated carbocycles. The molecule has 98 valence electrons. The summed E-state index contributed by atoms with van der Waals surface area (Å²) < 4.78 is 9.82. The highest BCUT2D eigenvalue weighted by molar-refractivity contribution is 5.69. The summed E-state index contributed by atoms with van der Waals surface area (Å²) in [6.07, 6.45) is 1.29. The average Bonchev–Trinajstić information content (AvgIpc) is 2.79. The van der Waals surface area contributed by atoms with Crippen molar-refractivity contribution in [3.8, 4) is 0 Å². The SMILES string of the molecule is COCc1ccc2c(c1)C(CCC(=O)OC)CN2. The summed E-state index contributed by atoms with van der Waals surface area (Å²) in [4.78, 5) is 11.2. The number of fused-ring (bicyclic) bond motifs is 1. The molecule has 1 aliphatic rings. The van der Waals surface area contributed by atoms with Crippen molar-refractivity contribution in [3.63, 3.8) is 0 Å². The fourth-order valence-electron chi connectivity index (χ4n) is 2.36. The Morgan fingerprint density at radius 3 is 3.00 bits per heavy atom. The summed E-state index contributed by atoms with van der Waals surface area (Å²) in [7, 11) is 3.13. The molecule has 1 aliphatic heterocycles. The minimum absolute atomic E-state index is 0.142. The van der Waals surface area contributed by atoms with Crippen LogP contribution in [0.25, 0.3) is 0 Å². The van der Waals surface area contributed by atoms with Gasteiger partial charge in [-0.15, -0.1) is 0 Å². The predicted molar refractivity (Wildman–Crippen MR) is 69.6 cm³/mol. The van der Waals surface area contributed by atoms with Gasteiger partial charge in [-0.2, -0.15) is 0 Å².